The van der Waals surface area contributed by atoms with Crippen molar-refractivity contribution in [3.05, 3.63) is 101 Å². The van der Waals surface area contributed by atoms with Gasteiger partial charge in [0.25, 0.3) is 0 Å². The van der Waals surface area contributed by atoms with E-state index in [1.54, 1.807) is 0 Å². The Hall–Kier alpha value is -3.43. The predicted molar refractivity (Wildman–Crippen MR) is 119 cm³/mol. The Morgan fingerprint density at radius 3 is 2.31 bits per heavy atom. The highest BCUT2D eigenvalue weighted by Gasteiger charge is 2.17. The highest BCUT2D eigenvalue weighted by atomic mass is 35.5. The van der Waals surface area contributed by atoms with Crippen LogP contribution in [-0.4, -0.2) is 16.1 Å². The topological polar surface area (TPSA) is 50.2 Å². The number of para-hydroxylation sites is 1. The maximum absolute atomic E-state index is 11.7. The molecule has 4 heteroatoms. The first kappa shape index (κ1) is 18.9. The molecular weight excluding hydrogens is 382 g/mol. The molecule has 4 aromatic rings. The molecule has 0 spiro atoms. The molecule has 1 N–H and O–H groups in total. The summed E-state index contributed by atoms with van der Waals surface area (Å²) >= 11 is 5.96. The fraction of sp³-hybridized carbons (Fsp3) is 0.0400. The summed E-state index contributed by atoms with van der Waals surface area (Å²) in [7, 11) is 0. The van der Waals surface area contributed by atoms with Crippen LogP contribution in [0, 0.1) is 0 Å². The predicted octanol–water partition coefficient (Wildman–Crippen LogP) is 6.35. The highest BCUT2D eigenvalue weighted by molar-refractivity contribution is 6.30. The maximum Gasteiger partial charge on any atom is 0.307 e. The number of carboxylic acids is 1. The fourth-order valence-electron chi connectivity index (χ4n) is 3.42. The van der Waals surface area contributed by atoms with Crippen LogP contribution in [-0.2, 0) is 11.2 Å². The molecule has 0 unspecified atom stereocenters. The maximum atomic E-state index is 11.7. The normalized spacial score (nSPS) is 11.2. The summed E-state index contributed by atoms with van der Waals surface area (Å²) in [5.41, 5.74) is 5.04. The van der Waals surface area contributed by atoms with Crippen LogP contribution >= 0.6 is 11.6 Å². The number of hydrogen-bond donors (Lipinski definition) is 1. The van der Waals surface area contributed by atoms with Crippen LogP contribution in [0.25, 0.3) is 34.2 Å². The van der Waals surface area contributed by atoms with Crippen LogP contribution in [0.1, 0.15) is 16.8 Å². The lowest BCUT2D eigenvalue weighted by molar-refractivity contribution is -0.136. The van der Waals surface area contributed by atoms with Gasteiger partial charge in [-0.3, -0.25) is 4.79 Å². The first-order chi connectivity index (χ1) is 14.1. The SMILES string of the molecule is O=C(O)Cc1c(/C=C\c2ccc(Cl)cc2)nc2ccccc2c1-c1ccccc1. The monoisotopic (exact) mass is 399 g/mol. The van der Waals surface area contributed by atoms with Crippen molar-refractivity contribution in [3.63, 3.8) is 0 Å². The van der Waals surface area contributed by atoms with E-state index in [0.29, 0.717) is 16.3 Å². The molecule has 1 aromatic heterocycles. The third-order valence-electron chi connectivity index (χ3n) is 4.72. The quantitative estimate of drug-likeness (QED) is 0.425. The van der Waals surface area contributed by atoms with Crippen molar-refractivity contribution in [2.24, 2.45) is 0 Å². The Kier molecular flexibility index (Phi) is 5.41. The fourth-order valence-corrected chi connectivity index (χ4v) is 3.55. The van der Waals surface area contributed by atoms with Gasteiger partial charge in [0, 0.05) is 10.4 Å². The van der Waals surface area contributed by atoms with E-state index in [9.17, 15) is 9.90 Å². The lowest BCUT2D eigenvalue weighted by atomic mass is 9.92. The summed E-state index contributed by atoms with van der Waals surface area (Å²) in [6.45, 7) is 0. The first-order valence-corrected chi connectivity index (χ1v) is 9.62. The molecule has 0 bridgehead atoms. The zero-order chi connectivity index (χ0) is 20.2. The summed E-state index contributed by atoms with van der Waals surface area (Å²) in [5, 5.41) is 11.2. The van der Waals surface area contributed by atoms with Crippen molar-refractivity contribution < 1.29 is 9.90 Å². The van der Waals surface area contributed by atoms with Gasteiger partial charge in [0.15, 0.2) is 0 Å². The molecule has 142 valence electrons. The molecule has 0 aliphatic heterocycles. The number of aliphatic carboxylic acids is 1. The van der Waals surface area contributed by atoms with E-state index in [4.69, 9.17) is 16.6 Å². The Bertz CT molecular complexity index is 1200. The molecule has 0 saturated heterocycles. The van der Waals surface area contributed by atoms with Gasteiger partial charge in [0.1, 0.15) is 0 Å². The second kappa shape index (κ2) is 8.29. The molecule has 0 fully saturated rings. The number of nitrogens with zero attached hydrogens (tertiary/aromatic N) is 1. The number of rotatable bonds is 5. The van der Waals surface area contributed by atoms with Crippen molar-refractivity contribution >= 4 is 40.6 Å². The average molecular weight is 400 g/mol. The number of halogens is 1. The van der Waals surface area contributed by atoms with Gasteiger partial charge in [-0.05, 0) is 46.5 Å². The third-order valence-corrected chi connectivity index (χ3v) is 4.97. The molecule has 3 aromatic carbocycles. The zero-order valence-electron chi connectivity index (χ0n) is 15.5. The van der Waals surface area contributed by atoms with Crippen molar-refractivity contribution in [2.75, 3.05) is 0 Å². The van der Waals surface area contributed by atoms with Crippen LogP contribution in [0.4, 0.5) is 0 Å². The van der Waals surface area contributed by atoms with E-state index in [2.05, 4.69) is 0 Å². The molecule has 0 amide bonds. The van der Waals surface area contributed by atoms with Gasteiger partial charge in [-0.1, -0.05) is 78.3 Å². The summed E-state index contributed by atoms with van der Waals surface area (Å²) in [4.78, 5) is 16.5. The molecular formula is C25H18ClNO2. The minimum Gasteiger partial charge on any atom is -0.481 e. The Morgan fingerprint density at radius 2 is 1.59 bits per heavy atom. The van der Waals surface area contributed by atoms with Crippen LogP contribution in [0.2, 0.25) is 5.02 Å². The van der Waals surface area contributed by atoms with E-state index in [0.717, 1.165) is 27.6 Å². The van der Waals surface area contributed by atoms with E-state index >= 15 is 0 Å². The molecule has 3 nitrogen and oxygen atoms in total. The van der Waals surface area contributed by atoms with Crippen LogP contribution in [0.15, 0.2) is 78.9 Å². The molecule has 1 heterocycles. The second-order valence-corrected chi connectivity index (χ2v) is 7.13. The van der Waals surface area contributed by atoms with Crippen molar-refractivity contribution in [1.29, 1.82) is 0 Å². The molecule has 0 saturated carbocycles. The second-order valence-electron chi connectivity index (χ2n) is 6.69. The molecule has 0 aliphatic rings. The summed E-state index contributed by atoms with van der Waals surface area (Å²) < 4.78 is 0. The highest BCUT2D eigenvalue weighted by Crippen LogP contribution is 2.34. The average Bonchev–Trinajstić information content (AvgIpc) is 2.73. The van der Waals surface area contributed by atoms with E-state index < -0.39 is 5.97 Å². The van der Waals surface area contributed by atoms with Crippen LogP contribution < -0.4 is 0 Å². The first-order valence-electron chi connectivity index (χ1n) is 9.24. The standard InChI is InChI=1S/C25H18ClNO2/c26-19-13-10-17(11-14-19)12-15-23-21(16-24(28)29)25(18-6-2-1-3-7-18)20-8-4-5-9-22(20)27-23/h1-15H,16H2,(H,28,29)/b15-12-. The zero-order valence-corrected chi connectivity index (χ0v) is 16.3. The van der Waals surface area contributed by atoms with Crippen LogP contribution in [0.5, 0.6) is 0 Å². The van der Waals surface area contributed by atoms with Gasteiger partial charge >= 0.3 is 5.97 Å². The van der Waals surface area contributed by atoms with Gasteiger partial charge in [-0.2, -0.15) is 0 Å². The van der Waals surface area contributed by atoms with Gasteiger partial charge in [-0.25, -0.2) is 4.98 Å². The van der Waals surface area contributed by atoms with Gasteiger partial charge in [-0.15, -0.1) is 0 Å². The molecule has 29 heavy (non-hydrogen) atoms. The number of fused-ring (bicyclic) bond motifs is 1. The van der Waals surface area contributed by atoms with E-state index in [-0.39, 0.29) is 6.42 Å². The lowest BCUT2D eigenvalue weighted by Gasteiger charge is -2.15. The number of carboxylic acid groups (broad SMARTS) is 1. The Morgan fingerprint density at radius 1 is 0.897 bits per heavy atom. The summed E-state index contributed by atoms with van der Waals surface area (Å²) in [6, 6.07) is 25.2. The van der Waals surface area contributed by atoms with Crippen molar-refractivity contribution in [3.8, 4) is 11.1 Å². The third kappa shape index (κ3) is 4.20. The largest absolute Gasteiger partial charge is 0.481 e. The minimum absolute atomic E-state index is 0.109. The molecule has 0 aliphatic carbocycles. The van der Waals surface area contributed by atoms with Gasteiger partial charge in [0.05, 0.1) is 17.6 Å². The summed E-state index contributed by atoms with van der Waals surface area (Å²) in [6.07, 6.45) is 3.69. The number of pyridine rings is 1. The van der Waals surface area contributed by atoms with Crippen molar-refractivity contribution in [2.45, 2.75) is 6.42 Å². The number of aromatic nitrogens is 1. The van der Waals surface area contributed by atoms with E-state index in [1.165, 1.54) is 0 Å². The molecule has 0 radical (unpaired) electrons. The lowest BCUT2D eigenvalue weighted by Crippen LogP contribution is -2.06. The molecule has 0 atom stereocenters. The number of hydrogen-bond acceptors (Lipinski definition) is 2. The number of carbonyl (C=O) groups is 1. The van der Waals surface area contributed by atoms with Gasteiger partial charge < -0.3 is 5.11 Å². The summed E-state index contributed by atoms with van der Waals surface area (Å²) in [5.74, 6) is -0.889. The van der Waals surface area contributed by atoms with Crippen molar-refractivity contribution in [1.82, 2.24) is 4.98 Å². The van der Waals surface area contributed by atoms with E-state index in [1.807, 2.05) is 91.0 Å². The van der Waals surface area contributed by atoms with Crippen LogP contribution in [0.3, 0.4) is 0 Å². The Balaban J connectivity index is 1.95. The Labute approximate surface area is 173 Å². The smallest absolute Gasteiger partial charge is 0.307 e. The van der Waals surface area contributed by atoms with Gasteiger partial charge in [0.2, 0.25) is 0 Å². The molecule has 4 rings (SSSR count). The minimum atomic E-state index is -0.889. The number of benzene rings is 3.